The number of urea groups is 1. The van der Waals surface area contributed by atoms with Crippen molar-refractivity contribution in [3.63, 3.8) is 0 Å². The molecule has 3 rings (SSSR count). The van der Waals surface area contributed by atoms with Gasteiger partial charge in [-0.05, 0) is 63.9 Å². The molecule has 2 aliphatic heterocycles. The third-order valence-corrected chi connectivity index (χ3v) is 6.19. The zero-order chi connectivity index (χ0) is 20.6. The Kier molecular flexibility index (Phi) is 8.04. The van der Waals surface area contributed by atoms with Crippen molar-refractivity contribution < 1.29 is 14.3 Å². The Hall–Kier alpha value is -1.95. The van der Waals surface area contributed by atoms with Gasteiger partial charge in [0.15, 0.2) is 0 Å². The highest BCUT2D eigenvalue weighted by molar-refractivity contribution is 5.74. The van der Waals surface area contributed by atoms with Crippen molar-refractivity contribution in [3.8, 4) is 11.5 Å². The Labute approximate surface area is 175 Å². The van der Waals surface area contributed by atoms with Crippen molar-refractivity contribution in [2.45, 2.75) is 58.1 Å². The van der Waals surface area contributed by atoms with E-state index in [0.717, 1.165) is 69.6 Å². The van der Waals surface area contributed by atoms with Crippen LogP contribution >= 0.6 is 0 Å². The van der Waals surface area contributed by atoms with E-state index in [1.807, 2.05) is 43.1 Å². The molecule has 6 nitrogen and oxygen atoms in total. The maximum Gasteiger partial charge on any atom is 0.319 e. The number of carbonyl (C=O) groups excluding carboxylic acids is 1. The first-order valence-electron chi connectivity index (χ1n) is 11.2. The smallest absolute Gasteiger partial charge is 0.319 e. The van der Waals surface area contributed by atoms with E-state index in [0.29, 0.717) is 0 Å². The van der Waals surface area contributed by atoms with Crippen LogP contribution in [0.25, 0.3) is 0 Å². The number of rotatable bonds is 8. The van der Waals surface area contributed by atoms with Crippen LogP contribution in [0.2, 0.25) is 0 Å². The van der Waals surface area contributed by atoms with Gasteiger partial charge >= 0.3 is 6.03 Å². The van der Waals surface area contributed by atoms with Gasteiger partial charge < -0.3 is 24.2 Å². The van der Waals surface area contributed by atoms with Crippen molar-refractivity contribution >= 4 is 6.03 Å². The fourth-order valence-corrected chi connectivity index (χ4v) is 4.13. The average molecular weight is 404 g/mol. The number of likely N-dealkylation sites (tertiary alicyclic amines) is 2. The Balaban J connectivity index is 1.35. The third-order valence-electron chi connectivity index (χ3n) is 6.19. The summed E-state index contributed by atoms with van der Waals surface area (Å²) in [6.45, 7) is 9.67. The number of hydrogen-bond acceptors (Lipinski definition) is 4. The van der Waals surface area contributed by atoms with E-state index >= 15 is 0 Å². The SMILES string of the molecule is CCN(C)C(=O)N1CCC(Oc2ccc(OCCCN3CCCC3C)cc2)CC1. The van der Waals surface area contributed by atoms with E-state index in [4.69, 9.17) is 9.47 Å². The quantitative estimate of drug-likeness (QED) is 0.619. The Morgan fingerprint density at radius 1 is 1.10 bits per heavy atom. The highest BCUT2D eigenvalue weighted by Crippen LogP contribution is 2.23. The molecule has 0 aromatic heterocycles. The summed E-state index contributed by atoms with van der Waals surface area (Å²) in [6.07, 6.45) is 5.63. The van der Waals surface area contributed by atoms with Crippen LogP contribution in [0, 0.1) is 0 Å². The fraction of sp³-hybridized carbons (Fsp3) is 0.696. The zero-order valence-corrected chi connectivity index (χ0v) is 18.3. The lowest BCUT2D eigenvalue weighted by Gasteiger charge is -2.34. The summed E-state index contributed by atoms with van der Waals surface area (Å²) in [5, 5.41) is 0. The molecule has 2 amide bonds. The van der Waals surface area contributed by atoms with E-state index in [1.165, 1.54) is 19.4 Å². The first-order chi connectivity index (χ1) is 14.1. The van der Waals surface area contributed by atoms with Gasteiger partial charge in [0.25, 0.3) is 0 Å². The average Bonchev–Trinajstić information content (AvgIpc) is 3.16. The molecule has 0 N–H and O–H groups in total. The predicted molar refractivity (Wildman–Crippen MR) is 116 cm³/mol. The molecular weight excluding hydrogens is 366 g/mol. The van der Waals surface area contributed by atoms with Crippen LogP contribution in [0.4, 0.5) is 4.79 Å². The fourth-order valence-electron chi connectivity index (χ4n) is 4.13. The molecular formula is C23H37N3O3. The number of piperidine rings is 1. The molecule has 0 radical (unpaired) electrons. The summed E-state index contributed by atoms with van der Waals surface area (Å²) in [5.41, 5.74) is 0. The molecule has 0 bridgehead atoms. The van der Waals surface area contributed by atoms with E-state index in [2.05, 4.69) is 11.8 Å². The Morgan fingerprint density at radius 3 is 2.41 bits per heavy atom. The molecule has 1 atom stereocenters. The number of amides is 2. The monoisotopic (exact) mass is 403 g/mol. The van der Waals surface area contributed by atoms with Gasteiger partial charge in [-0.1, -0.05) is 0 Å². The summed E-state index contributed by atoms with van der Waals surface area (Å²) in [6, 6.07) is 8.79. The van der Waals surface area contributed by atoms with E-state index < -0.39 is 0 Å². The molecule has 1 aromatic rings. The number of ether oxygens (including phenoxy) is 2. The van der Waals surface area contributed by atoms with Gasteiger partial charge in [0, 0.05) is 52.1 Å². The second kappa shape index (κ2) is 10.7. The summed E-state index contributed by atoms with van der Waals surface area (Å²) in [5.74, 6) is 1.77. The van der Waals surface area contributed by atoms with Crippen molar-refractivity contribution in [3.05, 3.63) is 24.3 Å². The summed E-state index contributed by atoms with van der Waals surface area (Å²) in [7, 11) is 1.85. The minimum Gasteiger partial charge on any atom is -0.494 e. The van der Waals surface area contributed by atoms with Crippen LogP contribution in [-0.2, 0) is 0 Å². The standard InChI is InChI=1S/C23H37N3O3/c1-4-24(3)23(27)26-16-12-22(13-17-26)29-21-10-8-20(9-11-21)28-18-6-15-25-14-5-7-19(25)2/h8-11,19,22H,4-7,12-18H2,1-3H3. The second-order valence-corrected chi connectivity index (χ2v) is 8.30. The lowest BCUT2D eigenvalue weighted by Crippen LogP contribution is -2.47. The van der Waals surface area contributed by atoms with Gasteiger partial charge in [-0.2, -0.15) is 0 Å². The molecule has 29 heavy (non-hydrogen) atoms. The lowest BCUT2D eigenvalue weighted by atomic mass is 10.1. The van der Waals surface area contributed by atoms with E-state index in [1.54, 1.807) is 4.90 Å². The maximum absolute atomic E-state index is 12.2. The predicted octanol–water partition coefficient (Wildman–Crippen LogP) is 3.85. The highest BCUT2D eigenvalue weighted by Gasteiger charge is 2.25. The van der Waals surface area contributed by atoms with Gasteiger partial charge in [0.2, 0.25) is 0 Å². The minimum atomic E-state index is 0.117. The largest absolute Gasteiger partial charge is 0.494 e. The van der Waals surface area contributed by atoms with Gasteiger partial charge in [-0.25, -0.2) is 4.79 Å². The molecule has 162 valence electrons. The van der Waals surface area contributed by atoms with Gasteiger partial charge in [0.05, 0.1) is 6.61 Å². The van der Waals surface area contributed by atoms with Gasteiger partial charge in [-0.15, -0.1) is 0 Å². The normalized spacial score (nSPS) is 20.7. The van der Waals surface area contributed by atoms with Crippen molar-refractivity contribution in [2.24, 2.45) is 0 Å². The molecule has 2 fully saturated rings. The molecule has 1 unspecified atom stereocenters. The molecule has 0 saturated carbocycles. The number of hydrogen-bond donors (Lipinski definition) is 0. The second-order valence-electron chi connectivity index (χ2n) is 8.30. The maximum atomic E-state index is 12.2. The molecule has 0 aliphatic carbocycles. The highest BCUT2D eigenvalue weighted by atomic mass is 16.5. The number of benzene rings is 1. The van der Waals surface area contributed by atoms with Crippen LogP contribution in [0.1, 0.15) is 46.0 Å². The Morgan fingerprint density at radius 2 is 1.79 bits per heavy atom. The first kappa shape index (κ1) is 21.8. The van der Waals surface area contributed by atoms with Crippen LogP contribution in [-0.4, -0.2) is 79.3 Å². The molecule has 0 spiro atoms. The topological polar surface area (TPSA) is 45.3 Å². The first-order valence-corrected chi connectivity index (χ1v) is 11.2. The molecule has 1 aromatic carbocycles. The zero-order valence-electron chi connectivity index (χ0n) is 18.3. The van der Waals surface area contributed by atoms with Crippen LogP contribution in [0.5, 0.6) is 11.5 Å². The third kappa shape index (κ3) is 6.26. The van der Waals surface area contributed by atoms with Crippen LogP contribution < -0.4 is 9.47 Å². The molecule has 2 aliphatic rings. The van der Waals surface area contributed by atoms with E-state index in [-0.39, 0.29) is 12.1 Å². The van der Waals surface area contributed by atoms with Gasteiger partial charge in [-0.3, -0.25) is 0 Å². The van der Waals surface area contributed by atoms with Crippen LogP contribution in [0.3, 0.4) is 0 Å². The molecule has 6 heteroatoms. The van der Waals surface area contributed by atoms with E-state index in [9.17, 15) is 4.79 Å². The van der Waals surface area contributed by atoms with Crippen molar-refractivity contribution in [1.29, 1.82) is 0 Å². The number of carbonyl (C=O) groups is 1. The van der Waals surface area contributed by atoms with Crippen molar-refractivity contribution in [2.75, 3.05) is 46.4 Å². The Bertz CT molecular complexity index is 629. The van der Waals surface area contributed by atoms with Crippen molar-refractivity contribution in [1.82, 2.24) is 14.7 Å². The summed E-state index contributed by atoms with van der Waals surface area (Å²) in [4.78, 5) is 18.5. The summed E-state index contributed by atoms with van der Waals surface area (Å²) < 4.78 is 12.0. The summed E-state index contributed by atoms with van der Waals surface area (Å²) >= 11 is 0. The molecule has 2 heterocycles. The number of nitrogens with zero attached hydrogens (tertiary/aromatic N) is 3. The van der Waals surface area contributed by atoms with Gasteiger partial charge in [0.1, 0.15) is 17.6 Å². The minimum absolute atomic E-state index is 0.117. The lowest BCUT2D eigenvalue weighted by molar-refractivity contribution is 0.0990. The molecule has 2 saturated heterocycles. The van der Waals surface area contributed by atoms with Crippen LogP contribution in [0.15, 0.2) is 24.3 Å².